The van der Waals surface area contributed by atoms with Crippen LogP contribution in [0, 0.1) is 5.82 Å². The van der Waals surface area contributed by atoms with Crippen molar-refractivity contribution in [2.24, 2.45) is 5.73 Å². The van der Waals surface area contributed by atoms with Crippen molar-refractivity contribution in [1.29, 1.82) is 0 Å². The molecule has 0 aliphatic carbocycles. The van der Waals surface area contributed by atoms with Crippen LogP contribution >= 0.6 is 0 Å². The maximum absolute atomic E-state index is 13.4. The van der Waals surface area contributed by atoms with Gasteiger partial charge in [-0.2, -0.15) is 0 Å². The van der Waals surface area contributed by atoms with Gasteiger partial charge in [0.1, 0.15) is 18.2 Å². The summed E-state index contributed by atoms with van der Waals surface area (Å²) < 4.78 is 18.9. The summed E-state index contributed by atoms with van der Waals surface area (Å²) in [7, 11) is 0. The number of rotatable bonds is 4. The maximum atomic E-state index is 13.4. The Labute approximate surface area is 99.1 Å². The first-order valence-electron chi connectivity index (χ1n) is 5.31. The van der Waals surface area contributed by atoms with Crippen LogP contribution in [0.25, 0.3) is 0 Å². The van der Waals surface area contributed by atoms with Gasteiger partial charge in [0, 0.05) is 18.3 Å². The van der Waals surface area contributed by atoms with Gasteiger partial charge < -0.3 is 10.5 Å². The zero-order chi connectivity index (χ0) is 12.1. The zero-order valence-electron chi connectivity index (χ0n) is 9.27. The highest BCUT2D eigenvalue weighted by Gasteiger charge is 2.07. The first kappa shape index (κ1) is 11.5. The quantitative estimate of drug-likeness (QED) is 0.879. The van der Waals surface area contributed by atoms with Crippen LogP contribution in [0.4, 0.5) is 4.39 Å². The molecular weight excluding hydrogens is 219 g/mol. The number of benzene rings is 1. The van der Waals surface area contributed by atoms with Gasteiger partial charge in [0.15, 0.2) is 0 Å². The molecule has 0 unspecified atom stereocenters. The number of hydrogen-bond acceptors (Lipinski definition) is 3. The predicted molar refractivity (Wildman–Crippen MR) is 62.9 cm³/mol. The molecule has 0 fully saturated rings. The van der Waals surface area contributed by atoms with E-state index in [4.69, 9.17) is 10.5 Å². The molecule has 17 heavy (non-hydrogen) atoms. The van der Waals surface area contributed by atoms with Crippen LogP contribution in [0.15, 0.2) is 42.6 Å². The molecule has 0 bridgehead atoms. The minimum atomic E-state index is -0.342. The standard InChI is InChI=1S/C13H13FN2O/c14-12-5-3-6-13(11(12)8-15)17-9-10-4-1-2-7-16-10/h1-7H,8-9,15H2. The number of hydrogen-bond donors (Lipinski definition) is 1. The Morgan fingerprint density at radius 2 is 2.06 bits per heavy atom. The monoisotopic (exact) mass is 232 g/mol. The van der Waals surface area contributed by atoms with Gasteiger partial charge in [-0.25, -0.2) is 4.39 Å². The van der Waals surface area contributed by atoms with E-state index >= 15 is 0 Å². The molecule has 1 aromatic carbocycles. The first-order chi connectivity index (χ1) is 8.31. The van der Waals surface area contributed by atoms with Crippen LogP contribution < -0.4 is 10.5 Å². The Bertz CT molecular complexity index is 488. The van der Waals surface area contributed by atoms with E-state index in [0.717, 1.165) is 5.69 Å². The van der Waals surface area contributed by atoms with E-state index in [1.54, 1.807) is 18.3 Å². The lowest BCUT2D eigenvalue weighted by Gasteiger charge is -2.10. The molecule has 2 aromatic rings. The lowest BCUT2D eigenvalue weighted by atomic mass is 10.2. The van der Waals surface area contributed by atoms with E-state index in [1.165, 1.54) is 6.07 Å². The van der Waals surface area contributed by atoms with E-state index < -0.39 is 0 Å². The van der Waals surface area contributed by atoms with Crippen molar-refractivity contribution in [1.82, 2.24) is 4.98 Å². The van der Waals surface area contributed by atoms with Crippen molar-refractivity contribution in [3.05, 3.63) is 59.7 Å². The third-order valence-corrected chi connectivity index (χ3v) is 2.38. The van der Waals surface area contributed by atoms with Crippen LogP contribution in [0.1, 0.15) is 11.3 Å². The van der Waals surface area contributed by atoms with Gasteiger partial charge in [0.25, 0.3) is 0 Å². The first-order valence-corrected chi connectivity index (χ1v) is 5.31. The van der Waals surface area contributed by atoms with E-state index in [9.17, 15) is 4.39 Å². The number of ether oxygens (including phenoxy) is 1. The lowest BCUT2D eigenvalue weighted by Crippen LogP contribution is -2.05. The van der Waals surface area contributed by atoms with Crippen molar-refractivity contribution in [2.45, 2.75) is 13.2 Å². The average Bonchev–Trinajstić information content (AvgIpc) is 2.37. The van der Waals surface area contributed by atoms with Crippen molar-refractivity contribution >= 4 is 0 Å². The predicted octanol–water partition coefficient (Wildman–Crippen LogP) is 2.26. The Morgan fingerprint density at radius 3 is 2.76 bits per heavy atom. The highest BCUT2D eigenvalue weighted by molar-refractivity contribution is 5.34. The summed E-state index contributed by atoms with van der Waals surface area (Å²) in [5, 5.41) is 0. The highest BCUT2D eigenvalue weighted by Crippen LogP contribution is 2.21. The zero-order valence-corrected chi connectivity index (χ0v) is 9.27. The van der Waals surface area contributed by atoms with Crippen LogP contribution in [0.3, 0.4) is 0 Å². The SMILES string of the molecule is NCc1c(F)cccc1OCc1ccccn1. The Kier molecular flexibility index (Phi) is 3.67. The molecule has 0 saturated heterocycles. The van der Waals surface area contributed by atoms with Crippen LogP contribution in [0.5, 0.6) is 5.75 Å². The van der Waals surface area contributed by atoms with Gasteiger partial charge in [-0.1, -0.05) is 12.1 Å². The summed E-state index contributed by atoms with van der Waals surface area (Å²) in [6.45, 7) is 0.418. The second-order valence-electron chi connectivity index (χ2n) is 3.53. The molecular formula is C13H13FN2O. The number of pyridine rings is 1. The molecule has 0 aliphatic heterocycles. The van der Waals surface area contributed by atoms with E-state index in [0.29, 0.717) is 17.9 Å². The van der Waals surface area contributed by atoms with Gasteiger partial charge in [-0.15, -0.1) is 0 Å². The van der Waals surface area contributed by atoms with Gasteiger partial charge in [-0.3, -0.25) is 4.98 Å². The fraction of sp³-hybridized carbons (Fsp3) is 0.154. The van der Waals surface area contributed by atoms with Crippen LogP contribution in [-0.4, -0.2) is 4.98 Å². The molecule has 0 aliphatic rings. The summed E-state index contributed by atoms with van der Waals surface area (Å²) in [5.74, 6) is 0.129. The number of nitrogens with zero attached hydrogens (tertiary/aromatic N) is 1. The molecule has 0 atom stereocenters. The minimum absolute atomic E-state index is 0.115. The van der Waals surface area contributed by atoms with Crippen LogP contribution in [-0.2, 0) is 13.2 Å². The topological polar surface area (TPSA) is 48.1 Å². The summed E-state index contributed by atoms with van der Waals surface area (Å²) in [4.78, 5) is 4.12. The third-order valence-electron chi connectivity index (χ3n) is 2.38. The highest BCUT2D eigenvalue weighted by atomic mass is 19.1. The maximum Gasteiger partial charge on any atom is 0.131 e. The summed E-state index contributed by atoms with van der Waals surface area (Å²) >= 11 is 0. The Morgan fingerprint density at radius 1 is 1.18 bits per heavy atom. The van der Waals surface area contributed by atoms with E-state index in [2.05, 4.69) is 4.98 Å². The summed E-state index contributed by atoms with van der Waals surface area (Å²) in [6, 6.07) is 10.2. The fourth-order valence-electron chi connectivity index (χ4n) is 1.51. The smallest absolute Gasteiger partial charge is 0.131 e. The van der Waals surface area contributed by atoms with Crippen molar-refractivity contribution in [3.63, 3.8) is 0 Å². The van der Waals surface area contributed by atoms with Crippen molar-refractivity contribution < 1.29 is 9.13 Å². The van der Waals surface area contributed by atoms with Gasteiger partial charge in [-0.05, 0) is 24.3 Å². The molecule has 1 heterocycles. The fourth-order valence-corrected chi connectivity index (χ4v) is 1.51. The van der Waals surface area contributed by atoms with Crippen LogP contribution in [0.2, 0.25) is 0 Å². The molecule has 2 rings (SSSR count). The molecule has 0 spiro atoms. The van der Waals surface area contributed by atoms with E-state index in [-0.39, 0.29) is 12.4 Å². The van der Waals surface area contributed by atoms with Gasteiger partial charge >= 0.3 is 0 Å². The average molecular weight is 232 g/mol. The van der Waals surface area contributed by atoms with Gasteiger partial charge in [0.05, 0.1) is 5.69 Å². The molecule has 88 valence electrons. The second-order valence-corrected chi connectivity index (χ2v) is 3.53. The number of halogens is 1. The Hall–Kier alpha value is -1.94. The molecule has 0 saturated carbocycles. The molecule has 0 amide bonds. The van der Waals surface area contributed by atoms with E-state index in [1.807, 2.05) is 18.2 Å². The van der Waals surface area contributed by atoms with Gasteiger partial charge in [0.2, 0.25) is 0 Å². The summed E-state index contributed by atoms with van der Waals surface area (Å²) in [6.07, 6.45) is 1.69. The molecule has 2 N–H and O–H groups in total. The normalized spacial score (nSPS) is 10.2. The third kappa shape index (κ3) is 2.79. The van der Waals surface area contributed by atoms with Crippen molar-refractivity contribution in [2.75, 3.05) is 0 Å². The lowest BCUT2D eigenvalue weighted by molar-refractivity contribution is 0.296. The second kappa shape index (κ2) is 5.41. The van der Waals surface area contributed by atoms with Crippen molar-refractivity contribution in [3.8, 4) is 5.75 Å². The number of aromatic nitrogens is 1. The molecule has 1 aromatic heterocycles. The number of nitrogens with two attached hydrogens (primary N) is 1. The largest absolute Gasteiger partial charge is 0.487 e. The Balaban J connectivity index is 2.12. The molecule has 4 heteroatoms. The summed E-state index contributed by atoms with van der Waals surface area (Å²) in [5.41, 5.74) is 6.67. The minimum Gasteiger partial charge on any atom is -0.487 e. The molecule has 3 nitrogen and oxygen atoms in total. The molecule has 0 radical (unpaired) electrons.